The van der Waals surface area contributed by atoms with E-state index in [0.29, 0.717) is 0 Å². The van der Waals surface area contributed by atoms with Crippen LogP contribution in [0.3, 0.4) is 0 Å². The highest BCUT2D eigenvalue weighted by Crippen LogP contribution is 2.21. The summed E-state index contributed by atoms with van der Waals surface area (Å²) < 4.78 is 0. The molecule has 5 heteroatoms. The van der Waals surface area contributed by atoms with E-state index in [1.807, 2.05) is 18.8 Å². The molecule has 2 aromatic rings. The van der Waals surface area contributed by atoms with E-state index in [-0.39, 0.29) is 0 Å². The van der Waals surface area contributed by atoms with E-state index in [2.05, 4.69) is 47.1 Å². The summed E-state index contributed by atoms with van der Waals surface area (Å²) >= 11 is 1.70. The highest BCUT2D eigenvalue weighted by Gasteiger charge is 2.10. The Morgan fingerprint density at radius 1 is 1.32 bits per heavy atom. The molecule has 0 radical (unpaired) electrons. The van der Waals surface area contributed by atoms with Crippen LogP contribution in [0.4, 0.5) is 5.82 Å². The molecule has 1 N–H and O–H groups in total. The van der Waals surface area contributed by atoms with Crippen LogP contribution in [0, 0.1) is 13.8 Å². The Labute approximate surface area is 118 Å². The maximum absolute atomic E-state index is 4.58. The fraction of sp³-hybridized carbons (Fsp3) is 0.429. The number of aromatic nitrogens is 2. The van der Waals surface area contributed by atoms with Gasteiger partial charge >= 0.3 is 0 Å². The van der Waals surface area contributed by atoms with Crippen molar-refractivity contribution in [2.75, 3.05) is 19.0 Å². The molecule has 0 aromatic carbocycles. The maximum atomic E-state index is 4.58. The summed E-state index contributed by atoms with van der Waals surface area (Å²) in [6, 6.07) is 2.19. The minimum atomic E-state index is 0.853. The van der Waals surface area contributed by atoms with Crippen LogP contribution in [0.5, 0.6) is 0 Å². The lowest BCUT2D eigenvalue weighted by molar-refractivity contribution is 0.808. The number of thiazole rings is 1. The number of hydrogen-bond donors (Lipinski definition) is 1. The molecule has 0 fully saturated rings. The lowest BCUT2D eigenvalue weighted by atomic mass is 10.2. The van der Waals surface area contributed by atoms with Gasteiger partial charge < -0.3 is 10.2 Å². The van der Waals surface area contributed by atoms with Crippen molar-refractivity contribution < 1.29 is 0 Å². The molecule has 0 saturated heterocycles. The molecular formula is C14H20N4S. The molecule has 102 valence electrons. The van der Waals surface area contributed by atoms with Crippen LogP contribution in [0.15, 0.2) is 17.8 Å². The zero-order chi connectivity index (χ0) is 13.8. The Hall–Kier alpha value is -1.46. The first kappa shape index (κ1) is 14.0. The van der Waals surface area contributed by atoms with E-state index in [9.17, 15) is 0 Å². The number of nitrogens with one attached hydrogen (secondary N) is 1. The zero-order valence-corrected chi connectivity index (χ0v) is 12.7. The van der Waals surface area contributed by atoms with Crippen LogP contribution in [-0.4, -0.2) is 24.1 Å². The predicted octanol–water partition coefficient (Wildman–Crippen LogP) is 2.51. The van der Waals surface area contributed by atoms with Gasteiger partial charge in [-0.3, -0.25) is 0 Å². The van der Waals surface area contributed by atoms with Gasteiger partial charge in [-0.1, -0.05) is 0 Å². The van der Waals surface area contributed by atoms with Crippen molar-refractivity contribution in [2.45, 2.75) is 26.9 Å². The largest absolute Gasteiger partial charge is 0.354 e. The summed E-state index contributed by atoms with van der Waals surface area (Å²) in [4.78, 5) is 12.3. The van der Waals surface area contributed by atoms with Gasteiger partial charge in [0.1, 0.15) is 5.82 Å². The second-order valence-corrected chi connectivity index (χ2v) is 5.67. The fourth-order valence-electron chi connectivity index (χ4n) is 2.09. The van der Waals surface area contributed by atoms with Crippen LogP contribution >= 0.6 is 11.3 Å². The molecule has 0 unspecified atom stereocenters. The van der Waals surface area contributed by atoms with E-state index in [1.165, 1.54) is 16.0 Å². The third kappa shape index (κ3) is 3.30. The lowest BCUT2D eigenvalue weighted by Gasteiger charge is -2.20. The first-order valence-corrected chi connectivity index (χ1v) is 7.20. The topological polar surface area (TPSA) is 41.1 Å². The van der Waals surface area contributed by atoms with E-state index >= 15 is 0 Å². The van der Waals surface area contributed by atoms with Crippen LogP contribution < -0.4 is 10.2 Å². The SMILES string of the molecule is CNCc1cnc(N(C)Cc2scnc2C)c(C)c1. The second-order valence-electron chi connectivity index (χ2n) is 4.73. The maximum Gasteiger partial charge on any atom is 0.131 e. The first-order valence-electron chi connectivity index (χ1n) is 6.32. The Morgan fingerprint density at radius 3 is 2.68 bits per heavy atom. The summed E-state index contributed by atoms with van der Waals surface area (Å²) in [5.74, 6) is 1.03. The van der Waals surface area contributed by atoms with Crippen molar-refractivity contribution in [3.8, 4) is 0 Å². The molecule has 0 aliphatic carbocycles. The van der Waals surface area contributed by atoms with Crippen molar-refractivity contribution in [3.05, 3.63) is 39.5 Å². The zero-order valence-electron chi connectivity index (χ0n) is 11.9. The molecule has 0 aliphatic heterocycles. The van der Waals surface area contributed by atoms with E-state index < -0.39 is 0 Å². The third-order valence-electron chi connectivity index (χ3n) is 3.08. The lowest BCUT2D eigenvalue weighted by Crippen LogP contribution is -2.19. The molecule has 2 heterocycles. The van der Waals surface area contributed by atoms with Crippen molar-refractivity contribution >= 4 is 17.2 Å². The van der Waals surface area contributed by atoms with E-state index in [0.717, 1.165) is 24.6 Å². The average Bonchev–Trinajstić information content (AvgIpc) is 2.75. The Bertz CT molecular complexity index is 550. The molecule has 19 heavy (non-hydrogen) atoms. The molecule has 0 saturated carbocycles. The molecular weight excluding hydrogens is 256 g/mol. The smallest absolute Gasteiger partial charge is 0.131 e. The van der Waals surface area contributed by atoms with Crippen molar-refractivity contribution in [1.29, 1.82) is 0 Å². The van der Waals surface area contributed by atoms with Gasteiger partial charge in [-0.05, 0) is 38.1 Å². The van der Waals surface area contributed by atoms with Crippen molar-refractivity contribution in [1.82, 2.24) is 15.3 Å². The van der Waals surface area contributed by atoms with Gasteiger partial charge in [0, 0.05) is 24.7 Å². The minimum Gasteiger partial charge on any atom is -0.354 e. The van der Waals surface area contributed by atoms with Crippen LogP contribution in [-0.2, 0) is 13.1 Å². The highest BCUT2D eigenvalue weighted by molar-refractivity contribution is 7.09. The van der Waals surface area contributed by atoms with Gasteiger partial charge in [-0.25, -0.2) is 9.97 Å². The van der Waals surface area contributed by atoms with E-state index in [4.69, 9.17) is 0 Å². The third-order valence-corrected chi connectivity index (χ3v) is 4.00. The summed E-state index contributed by atoms with van der Waals surface area (Å²) in [5.41, 5.74) is 5.43. The normalized spacial score (nSPS) is 10.7. The van der Waals surface area contributed by atoms with Gasteiger partial charge in [0.05, 0.1) is 17.7 Å². The van der Waals surface area contributed by atoms with Gasteiger partial charge in [0.25, 0.3) is 0 Å². The predicted molar refractivity (Wildman–Crippen MR) is 80.7 cm³/mol. The number of rotatable bonds is 5. The minimum absolute atomic E-state index is 0.853. The average molecular weight is 276 g/mol. The standard InChI is InChI=1S/C14H20N4S/c1-10-5-12(6-15-3)7-16-14(10)18(4)8-13-11(2)17-9-19-13/h5,7,9,15H,6,8H2,1-4H3. The van der Waals surface area contributed by atoms with Gasteiger partial charge in [-0.2, -0.15) is 0 Å². The summed E-state index contributed by atoms with van der Waals surface area (Å²) in [6.45, 7) is 5.87. The van der Waals surface area contributed by atoms with Gasteiger partial charge in [-0.15, -0.1) is 11.3 Å². The van der Waals surface area contributed by atoms with Crippen LogP contribution in [0.25, 0.3) is 0 Å². The molecule has 2 rings (SSSR count). The highest BCUT2D eigenvalue weighted by atomic mass is 32.1. The summed E-state index contributed by atoms with van der Waals surface area (Å²) in [7, 11) is 4.02. The second kappa shape index (κ2) is 6.12. The van der Waals surface area contributed by atoms with Crippen LogP contribution in [0.1, 0.15) is 21.7 Å². The fourth-order valence-corrected chi connectivity index (χ4v) is 2.92. The molecule has 0 atom stereocenters. The Kier molecular flexibility index (Phi) is 4.50. The molecule has 2 aromatic heterocycles. The summed E-state index contributed by atoms with van der Waals surface area (Å²) in [5, 5.41) is 3.14. The van der Waals surface area contributed by atoms with Gasteiger partial charge in [0.15, 0.2) is 0 Å². The van der Waals surface area contributed by atoms with E-state index in [1.54, 1.807) is 11.3 Å². The van der Waals surface area contributed by atoms with Crippen LogP contribution in [0.2, 0.25) is 0 Å². The molecule has 0 bridgehead atoms. The quantitative estimate of drug-likeness (QED) is 0.911. The summed E-state index contributed by atoms with van der Waals surface area (Å²) in [6.07, 6.45) is 1.94. The number of hydrogen-bond acceptors (Lipinski definition) is 5. The van der Waals surface area contributed by atoms with Crippen molar-refractivity contribution in [3.63, 3.8) is 0 Å². The van der Waals surface area contributed by atoms with Gasteiger partial charge in [0.2, 0.25) is 0 Å². The number of nitrogens with zero attached hydrogens (tertiary/aromatic N) is 3. The Balaban J connectivity index is 2.15. The molecule has 4 nitrogen and oxygen atoms in total. The van der Waals surface area contributed by atoms with Crippen molar-refractivity contribution in [2.24, 2.45) is 0 Å². The molecule has 0 spiro atoms. The number of pyridine rings is 1. The monoisotopic (exact) mass is 276 g/mol. The first-order chi connectivity index (χ1) is 9.11. The number of anilines is 1. The Morgan fingerprint density at radius 2 is 2.11 bits per heavy atom. The molecule has 0 amide bonds. The molecule has 0 aliphatic rings. The number of aryl methyl sites for hydroxylation is 2.